The molecule has 0 bridgehead atoms. The Balaban J connectivity index is 1.94. The fourth-order valence-corrected chi connectivity index (χ4v) is 4.24. The summed E-state index contributed by atoms with van der Waals surface area (Å²) < 4.78 is 0. The van der Waals surface area contributed by atoms with Gasteiger partial charge in [-0.15, -0.1) is 0 Å². The van der Waals surface area contributed by atoms with Crippen molar-refractivity contribution >= 4 is 23.2 Å². The fraction of sp³-hybridized carbons (Fsp3) is 0.600. The van der Waals surface area contributed by atoms with E-state index in [9.17, 15) is 0 Å². The highest BCUT2D eigenvalue weighted by atomic mass is 35.5. The van der Waals surface area contributed by atoms with Crippen LogP contribution in [0.5, 0.6) is 0 Å². The third-order valence-electron chi connectivity index (χ3n) is 4.42. The lowest BCUT2D eigenvalue weighted by atomic mass is 9.86. The van der Waals surface area contributed by atoms with Crippen molar-refractivity contribution in [1.82, 2.24) is 4.90 Å². The SMILES string of the molecule is Clc1cccc(Cl)c1[C@H]1CCC[C@H]2CCCCN21. The second-order valence-corrected chi connectivity index (χ2v) is 6.28. The second-order valence-electron chi connectivity index (χ2n) is 5.47. The van der Waals surface area contributed by atoms with E-state index < -0.39 is 0 Å². The highest BCUT2D eigenvalue weighted by Crippen LogP contribution is 2.43. The van der Waals surface area contributed by atoms with Crippen molar-refractivity contribution in [2.45, 2.75) is 50.6 Å². The molecular weight excluding hydrogens is 265 g/mol. The summed E-state index contributed by atoms with van der Waals surface area (Å²) in [4.78, 5) is 2.65. The maximum Gasteiger partial charge on any atom is 0.0468 e. The number of rotatable bonds is 1. The Kier molecular flexibility index (Phi) is 3.83. The van der Waals surface area contributed by atoms with E-state index in [1.165, 1.54) is 45.1 Å². The van der Waals surface area contributed by atoms with Gasteiger partial charge in [0.15, 0.2) is 0 Å². The Morgan fingerprint density at radius 3 is 2.44 bits per heavy atom. The minimum Gasteiger partial charge on any atom is -0.293 e. The third kappa shape index (κ3) is 2.29. The first-order valence-corrected chi connectivity index (χ1v) is 7.72. The molecule has 2 heterocycles. The molecule has 0 N–H and O–H groups in total. The molecule has 3 rings (SSSR count). The molecule has 98 valence electrons. The molecule has 1 aromatic rings. The van der Waals surface area contributed by atoms with Gasteiger partial charge in [0.2, 0.25) is 0 Å². The van der Waals surface area contributed by atoms with Crippen molar-refractivity contribution in [2.24, 2.45) is 0 Å². The Hall–Kier alpha value is -0.240. The van der Waals surface area contributed by atoms with Crippen LogP contribution in [0.4, 0.5) is 0 Å². The molecule has 0 aromatic heterocycles. The number of hydrogen-bond donors (Lipinski definition) is 0. The smallest absolute Gasteiger partial charge is 0.0468 e. The largest absolute Gasteiger partial charge is 0.293 e. The van der Waals surface area contributed by atoms with E-state index in [1.54, 1.807) is 0 Å². The molecule has 2 aliphatic heterocycles. The van der Waals surface area contributed by atoms with Crippen molar-refractivity contribution in [3.05, 3.63) is 33.8 Å². The fourth-order valence-electron chi connectivity index (χ4n) is 3.60. The highest BCUT2D eigenvalue weighted by Gasteiger charge is 2.34. The summed E-state index contributed by atoms with van der Waals surface area (Å²) in [7, 11) is 0. The molecule has 0 aliphatic carbocycles. The zero-order valence-electron chi connectivity index (χ0n) is 10.5. The van der Waals surface area contributed by atoms with Crippen molar-refractivity contribution in [3.8, 4) is 0 Å². The summed E-state index contributed by atoms with van der Waals surface area (Å²) in [5.74, 6) is 0. The molecule has 3 heteroatoms. The minimum atomic E-state index is 0.435. The van der Waals surface area contributed by atoms with Gasteiger partial charge in [-0.2, -0.15) is 0 Å². The Morgan fingerprint density at radius 1 is 0.944 bits per heavy atom. The summed E-state index contributed by atoms with van der Waals surface area (Å²) in [6.07, 6.45) is 7.88. The Labute approximate surface area is 119 Å². The molecule has 0 unspecified atom stereocenters. The highest BCUT2D eigenvalue weighted by molar-refractivity contribution is 6.36. The summed E-state index contributed by atoms with van der Waals surface area (Å²) >= 11 is 12.8. The van der Waals surface area contributed by atoms with Crippen LogP contribution in [0.15, 0.2) is 18.2 Å². The van der Waals surface area contributed by atoms with Crippen LogP contribution in [0.25, 0.3) is 0 Å². The maximum absolute atomic E-state index is 6.38. The average molecular weight is 284 g/mol. The Bertz CT molecular complexity index is 410. The molecular formula is C15H19Cl2N. The molecule has 0 spiro atoms. The van der Waals surface area contributed by atoms with Gasteiger partial charge in [0, 0.05) is 27.7 Å². The van der Waals surface area contributed by atoms with Crippen LogP contribution in [-0.2, 0) is 0 Å². The molecule has 2 saturated heterocycles. The van der Waals surface area contributed by atoms with Gasteiger partial charge in [-0.05, 0) is 50.8 Å². The number of nitrogens with zero attached hydrogens (tertiary/aromatic N) is 1. The second kappa shape index (κ2) is 5.40. The Morgan fingerprint density at radius 2 is 1.67 bits per heavy atom. The normalized spacial score (nSPS) is 29.0. The lowest BCUT2D eigenvalue weighted by molar-refractivity contribution is 0.0519. The molecule has 18 heavy (non-hydrogen) atoms. The van der Waals surface area contributed by atoms with Crippen molar-refractivity contribution in [3.63, 3.8) is 0 Å². The molecule has 2 atom stereocenters. The molecule has 0 saturated carbocycles. The third-order valence-corrected chi connectivity index (χ3v) is 5.08. The first-order chi connectivity index (χ1) is 8.77. The van der Waals surface area contributed by atoms with Crippen LogP contribution in [0.1, 0.15) is 50.1 Å². The van der Waals surface area contributed by atoms with Crippen LogP contribution >= 0.6 is 23.2 Å². The van der Waals surface area contributed by atoms with E-state index in [1.807, 2.05) is 18.2 Å². The van der Waals surface area contributed by atoms with Gasteiger partial charge in [0.1, 0.15) is 0 Å². The molecule has 2 aliphatic rings. The lowest BCUT2D eigenvalue weighted by Crippen LogP contribution is -2.44. The predicted octanol–water partition coefficient (Wildman–Crippen LogP) is 5.07. The first-order valence-electron chi connectivity index (χ1n) is 6.97. The van der Waals surface area contributed by atoms with Gasteiger partial charge < -0.3 is 0 Å². The predicted molar refractivity (Wildman–Crippen MR) is 77.4 cm³/mol. The van der Waals surface area contributed by atoms with Gasteiger partial charge in [-0.3, -0.25) is 4.90 Å². The van der Waals surface area contributed by atoms with Crippen LogP contribution in [0.2, 0.25) is 10.0 Å². The summed E-state index contributed by atoms with van der Waals surface area (Å²) in [6, 6.07) is 7.06. The minimum absolute atomic E-state index is 0.435. The topological polar surface area (TPSA) is 3.24 Å². The lowest BCUT2D eigenvalue weighted by Gasteiger charge is -2.45. The number of benzene rings is 1. The van der Waals surface area contributed by atoms with Crippen LogP contribution in [0.3, 0.4) is 0 Å². The van der Waals surface area contributed by atoms with Crippen molar-refractivity contribution < 1.29 is 0 Å². The number of fused-ring (bicyclic) bond motifs is 1. The van der Waals surface area contributed by atoms with Crippen LogP contribution in [0, 0.1) is 0 Å². The van der Waals surface area contributed by atoms with Gasteiger partial charge in [0.25, 0.3) is 0 Å². The average Bonchev–Trinajstić information content (AvgIpc) is 2.39. The van der Waals surface area contributed by atoms with E-state index in [2.05, 4.69) is 4.90 Å². The quantitative estimate of drug-likeness (QED) is 0.695. The molecule has 2 fully saturated rings. The first kappa shape index (κ1) is 12.8. The summed E-state index contributed by atoms with van der Waals surface area (Å²) in [5, 5.41) is 1.66. The zero-order chi connectivity index (χ0) is 12.5. The van der Waals surface area contributed by atoms with E-state index in [-0.39, 0.29) is 0 Å². The van der Waals surface area contributed by atoms with E-state index in [4.69, 9.17) is 23.2 Å². The summed E-state index contributed by atoms with van der Waals surface area (Å²) in [5.41, 5.74) is 1.16. The van der Waals surface area contributed by atoms with E-state index in [0.717, 1.165) is 21.7 Å². The van der Waals surface area contributed by atoms with Gasteiger partial charge in [-0.25, -0.2) is 0 Å². The van der Waals surface area contributed by atoms with E-state index >= 15 is 0 Å². The number of halogens is 2. The van der Waals surface area contributed by atoms with Gasteiger partial charge >= 0.3 is 0 Å². The van der Waals surface area contributed by atoms with Gasteiger partial charge in [-0.1, -0.05) is 35.7 Å². The summed E-state index contributed by atoms with van der Waals surface area (Å²) in [6.45, 7) is 1.21. The van der Waals surface area contributed by atoms with Crippen LogP contribution in [-0.4, -0.2) is 17.5 Å². The van der Waals surface area contributed by atoms with Crippen molar-refractivity contribution in [2.75, 3.05) is 6.54 Å². The standard InChI is InChI=1S/C15H19Cl2N/c16-12-7-4-8-13(17)15(12)14-9-3-6-11-5-1-2-10-18(11)14/h4,7-8,11,14H,1-3,5-6,9-10H2/t11-,14-/m1/s1. The number of hydrogen-bond acceptors (Lipinski definition) is 1. The molecule has 1 nitrogen and oxygen atoms in total. The molecule has 0 amide bonds. The van der Waals surface area contributed by atoms with Gasteiger partial charge in [0.05, 0.1) is 0 Å². The zero-order valence-corrected chi connectivity index (χ0v) is 12.1. The van der Waals surface area contributed by atoms with Crippen LogP contribution < -0.4 is 0 Å². The van der Waals surface area contributed by atoms with Crippen molar-refractivity contribution in [1.29, 1.82) is 0 Å². The number of piperidine rings is 2. The molecule has 0 radical (unpaired) electrons. The monoisotopic (exact) mass is 283 g/mol. The maximum atomic E-state index is 6.38. The molecule has 1 aromatic carbocycles. The van der Waals surface area contributed by atoms with E-state index in [0.29, 0.717) is 6.04 Å².